The number of benzene rings is 2. The van der Waals surface area contributed by atoms with Crippen LogP contribution in [0, 0.1) is 5.41 Å². The minimum absolute atomic E-state index is 0.148. The highest BCUT2D eigenvalue weighted by Crippen LogP contribution is 2.46. The van der Waals surface area contributed by atoms with E-state index in [-0.39, 0.29) is 11.5 Å². The quantitative estimate of drug-likeness (QED) is 0.762. The van der Waals surface area contributed by atoms with Crippen molar-refractivity contribution in [3.05, 3.63) is 53.6 Å². The molecule has 3 rings (SSSR count). The van der Waals surface area contributed by atoms with Gasteiger partial charge in [-0.3, -0.25) is 0 Å². The molecule has 0 fully saturated rings. The van der Waals surface area contributed by atoms with Gasteiger partial charge in [0.25, 0.3) is 0 Å². The summed E-state index contributed by atoms with van der Waals surface area (Å²) in [5.41, 5.74) is 9.50. The second-order valence-electron chi connectivity index (χ2n) is 7.56. The summed E-state index contributed by atoms with van der Waals surface area (Å²) in [6.07, 6.45) is 0.789. The van der Waals surface area contributed by atoms with Crippen LogP contribution in [0.15, 0.2) is 42.5 Å². The van der Waals surface area contributed by atoms with Crippen LogP contribution < -0.4 is 10.5 Å². The molecule has 0 radical (unpaired) electrons. The van der Waals surface area contributed by atoms with Crippen molar-refractivity contribution >= 4 is 6.09 Å². The lowest BCUT2D eigenvalue weighted by Crippen LogP contribution is -2.33. The summed E-state index contributed by atoms with van der Waals surface area (Å²) in [6, 6.07) is 14.2. The van der Waals surface area contributed by atoms with E-state index in [1.807, 2.05) is 30.3 Å². The summed E-state index contributed by atoms with van der Waals surface area (Å²) in [5.74, 6) is 0.829. The van der Waals surface area contributed by atoms with Crippen LogP contribution in [0.4, 0.5) is 4.79 Å². The standard InChI is InChI=1S/C22H27NO4/c1-22(2)11-10-16-14-15(8-9-18(16)20(22)27-21(23)24)17-6-4-5-7-19(17)26-13-12-25-3/h4-9,14,20H,10-13H2,1-3H3,(H2,23,24). The van der Waals surface area contributed by atoms with Crippen molar-refractivity contribution in [3.63, 3.8) is 0 Å². The number of amides is 1. The number of ether oxygens (including phenoxy) is 3. The number of carbonyl (C=O) groups is 1. The normalized spacial score (nSPS) is 17.8. The SMILES string of the molecule is COCCOc1ccccc1-c1ccc2c(c1)CCC(C)(C)C2OC(N)=O. The molecule has 2 N–H and O–H groups in total. The van der Waals surface area contributed by atoms with Gasteiger partial charge in [0.05, 0.1) is 6.61 Å². The highest BCUT2D eigenvalue weighted by Gasteiger charge is 2.38. The molecule has 1 aliphatic rings. The molecule has 0 aliphatic heterocycles. The van der Waals surface area contributed by atoms with Crippen molar-refractivity contribution < 1.29 is 19.0 Å². The van der Waals surface area contributed by atoms with Crippen LogP contribution in [0.1, 0.15) is 37.5 Å². The lowest BCUT2D eigenvalue weighted by atomic mass is 9.71. The lowest BCUT2D eigenvalue weighted by molar-refractivity contribution is 0.0147. The van der Waals surface area contributed by atoms with Gasteiger partial charge in [0.2, 0.25) is 0 Å². The van der Waals surface area contributed by atoms with E-state index in [1.54, 1.807) is 7.11 Å². The summed E-state index contributed by atoms with van der Waals surface area (Å²) in [7, 11) is 1.66. The Kier molecular flexibility index (Phi) is 5.71. The van der Waals surface area contributed by atoms with Gasteiger partial charge in [0.1, 0.15) is 18.5 Å². The van der Waals surface area contributed by atoms with E-state index >= 15 is 0 Å². The van der Waals surface area contributed by atoms with Crippen molar-refractivity contribution in [2.24, 2.45) is 11.1 Å². The number of fused-ring (bicyclic) bond motifs is 1. The van der Waals surface area contributed by atoms with Gasteiger partial charge in [-0.05, 0) is 35.6 Å². The average molecular weight is 369 g/mol. The van der Waals surface area contributed by atoms with Crippen molar-refractivity contribution in [2.45, 2.75) is 32.8 Å². The molecule has 1 amide bonds. The van der Waals surface area contributed by atoms with Crippen LogP contribution >= 0.6 is 0 Å². The number of nitrogens with two attached hydrogens (primary N) is 1. The van der Waals surface area contributed by atoms with Gasteiger partial charge < -0.3 is 19.9 Å². The minimum atomic E-state index is -0.734. The van der Waals surface area contributed by atoms with E-state index in [0.717, 1.165) is 35.3 Å². The van der Waals surface area contributed by atoms with Gasteiger partial charge in [-0.25, -0.2) is 4.79 Å². The Morgan fingerprint density at radius 3 is 2.70 bits per heavy atom. The van der Waals surface area contributed by atoms with Gasteiger partial charge in [-0.15, -0.1) is 0 Å². The maximum absolute atomic E-state index is 11.4. The monoisotopic (exact) mass is 369 g/mol. The number of carbonyl (C=O) groups excluding carboxylic acids is 1. The van der Waals surface area contributed by atoms with Crippen molar-refractivity contribution in [1.82, 2.24) is 0 Å². The van der Waals surface area contributed by atoms with Crippen LogP contribution in [-0.2, 0) is 15.9 Å². The van der Waals surface area contributed by atoms with Gasteiger partial charge in [-0.1, -0.05) is 50.2 Å². The Morgan fingerprint density at radius 1 is 1.19 bits per heavy atom. The molecule has 0 spiro atoms. The third-order valence-electron chi connectivity index (χ3n) is 5.15. The molecule has 0 saturated carbocycles. The Bertz CT molecular complexity index is 816. The number of methoxy groups -OCH3 is 1. The zero-order chi connectivity index (χ0) is 19.4. The fourth-order valence-corrected chi connectivity index (χ4v) is 3.66. The maximum Gasteiger partial charge on any atom is 0.405 e. The molecule has 2 aromatic carbocycles. The predicted molar refractivity (Wildman–Crippen MR) is 105 cm³/mol. The summed E-state index contributed by atoms with van der Waals surface area (Å²) < 4.78 is 16.4. The Morgan fingerprint density at radius 2 is 1.96 bits per heavy atom. The highest BCUT2D eigenvalue weighted by atomic mass is 16.6. The molecule has 5 heteroatoms. The average Bonchev–Trinajstić information content (AvgIpc) is 2.64. The fourth-order valence-electron chi connectivity index (χ4n) is 3.66. The molecular formula is C22H27NO4. The molecular weight excluding hydrogens is 342 g/mol. The highest BCUT2D eigenvalue weighted by molar-refractivity contribution is 5.72. The second kappa shape index (κ2) is 8.01. The Labute approximate surface area is 160 Å². The molecule has 1 unspecified atom stereocenters. The van der Waals surface area contributed by atoms with Gasteiger partial charge in [0, 0.05) is 18.1 Å². The first-order valence-electron chi connectivity index (χ1n) is 9.22. The zero-order valence-electron chi connectivity index (χ0n) is 16.2. The fraction of sp³-hybridized carbons (Fsp3) is 0.409. The van der Waals surface area contributed by atoms with Crippen molar-refractivity contribution in [1.29, 1.82) is 0 Å². The topological polar surface area (TPSA) is 70.8 Å². The first-order chi connectivity index (χ1) is 12.9. The molecule has 1 atom stereocenters. The third kappa shape index (κ3) is 4.25. The molecule has 27 heavy (non-hydrogen) atoms. The third-order valence-corrected chi connectivity index (χ3v) is 5.15. The van der Waals surface area contributed by atoms with E-state index in [4.69, 9.17) is 19.9 Å². The van der Waals surface area contributed by atoms with Crippen LogP contribution in [0.3, 0.4) is 0 Å². The van der Waals surface area contributed by atoms with Crippen molar-refractivity contribution in [2.75, 3.05) is 20.3 Å². The molecule has 1 aliphatic carbocycles. The first-order valence-corrected chi connectivity index (χ1v) is 9.22. The van der Waals surface area contributed by atoms with Crippen LogP contribution in [0.5, 0.6) is 5.75 Å². The molecule has 5 nitrogen and oxygen atoms in total. The lowest BCUT2D eigenvalue weighted by Gasteiger charge is -2.39. The van der Waals surface area contributed by atoms with Gasteiger partial charge in [-0.2, -0.15) is 0 Å². The van der Waals surface area contributed by atoms with E-state index < -0.39 is 6.09 Å². The smallest absolute Gasteiger partial charge is 0.405 e. The first kappa shape index (κ1) is 19.2. The number of para-hydroxylation sites is 1. The van der Waals surface area contributed by atoms with E-state index in [0.29, 0.717) is 13.2 Å². The van der Waals surface area contributed by atoms with E-state index in [9.17, 15) is 4.79 Å². The molecule has 0 aromatic heterocycles. The minimum Gasteiger partial charge on any atom is -0.491 e. The largest absolute Gasteiger partial charge is 0.491 e. The van der Waals surface area contributed by atoms with Crippen LogP contribution in [0.25, 0.3) is 11.1 Å². The Balaban J connectivity index is 1.94. The van der Waals surface area contributed by atoms with Crippen LogP contribution in [0.2, 0.25) is 0 Å². The van der Waals surface area contributed by atoms with Gasteiger partial charge in [0.15, 0.2) is 0 Å². The molecule has 0 heterocycles. The summed E-state index contributed by atoms with van der Waals surface area (Å²) in [4.78, 5) is 11.4. The van der Waals surface area contributed by atoms with Gasteiger partial charge >= 0.3 is 6.09 Å². The number of hydrogen-bond donors (Lipinski definition) is 1. The Hall–Kier alpha value is -2.53. The molecule has 0 bridgehead atoms. The van der Waals surface area contributed by atoms with Crippen LogP contribution in [-0.4, -0.2) is 26.4 Å². The number of primary amides is 1. The maximum atomic E-state index is 11.4. The van der Waals surface area contributed by atoms with E-state index in [2.05, 4.69) is 26.0 Å². The summed E-state index contributed by atoms with van der Waals surface area (Å²) >= 11 is 0. The summed E-state index contributed by atoms with van der Waals surface area (Å²) in [6.45, 7) is 5.26. The van der Waals surface area contributed by atoms with E-state index in [1.165, 1.54) is 5.56 Å². The number of aryl methyl sites for hydroxylation is 1. The second-order valence-corrected chi connectivity index (χ2v) is 7.56. The molecule has 2 aromatic rings. The number of rotatable bonds is 6. The number of hydrogen-bond acceptors (Lipinski definition) is 4. The zero-order valence-corrected chi connectivity index (χ0v) is 16.2. The molecule has 144 valence electrons. The predicted octanol–water partition coefficient (Wildman–Crippen LogP) is 4.49. The van der Waals surface area contributed by atoms with Crippen molar-refractivity contribution in [3.8, 4) is 16.9 Å². The molecule has 0 saturated heterocycles. The summed E-state index contributed by atoms with van der Waals surface area (Å²) in [5, 5.41) is 0.